The van der Waals surface area contributed by atoms with Crippen LogP contribution in [0.1, 0.15) is 30.4 Å². The Hall–Kier alpha value is -3.53. The van der Waals surface area contributed by atoms with Crippen molar-refractivity contribution in [3.63, 3.8) is 0 Å². The number of rotatable bonds is 10. The molecule has 0 aliphatic carbocycles. The van der Waals surface area contributed by atoms with Gasteiger partial charge in [-0.15, -0.1) is 10.2 Å². The molecule has 2 aromatic heterocycles. The molecule has 0 saturated carbocycles. The van der Waals surface area contributed by atoms with Crippen LogP contribution in [0, 0.1) is 0 Å². The maximum absolute atomic E-state index is 13.3. The molecule has 182 valence electrons. The van der Waals surface area contributed by atoms with E-state index < -0.39 is 11.7 Å². The summed E-state index contributed by atoms with van der Waals surface area (Å²) in [6, 6.07) is 18.1. The number of thioether (sulfide) groups is 1. The van der Waals surface area contributed by atoms with E-state index >= 15 is 0 Å². The van der Waals surface area contributed by atoms with Gasteiger partial charge in [0.1, 0.15) is 0 Å². The van der Waals surface area contributed by atoms with Gasteiger partial charge in [-0.1, -0.05) is 48.2 Å². The average molecular weight is 501 g/mol. The number of unbranched alkanes of at least 4 members (excludes halogenated alkanes) is 1. The molecule has 0 spiro atoms. The summed E-state index contributed by atoms with van der Waals surface area (Å²) >= 11 is 1.37. The Bertz CT molecular complexity index is 1240. The molecule has 0 aliphatic heterocycles. The Balaban J connectivity index is 1.38. The molecule has 0 radical (unpaired) electrons. The van der Waals surface area contributed by atoms with Crippen molar-refractivity contribution in [2.45, 2.75) is 37.1 Å². The molecule has 0 unspecified atom stereocenters. The van der Waals surface area contributed by atoms with Crippen LogP contribution >= 0.6 is 11.8 Å². The standard InChI is InChI=1S/C25H23F3N4O2S/c26-25(27,28)19-10-6-11-20(16-19)32-23(21-12-7-14-34-21)30-31-24(32)35-15-5-4-13-22(33)29-17-18-8-2-1-3-9-18/h1-3,6-12,14,16H,4-5,13,15,17H2,(H,29,33). The fourth-order valence-corrected chi connectivity index (χ4v) is 4.37. The fourth-order valence-electron chi connectivity index (χ4n) is 3.42. The third-order valence-corrected chi connectivity index (χ3v) is 6.18. The third-order valence-electron chi connectivity index (χ3n) is 5.17. The van der Waals surface area contributed by atoms with Gasteiger partial charge >= 0.3 is 6.18 Å². The van der Waals surface area contributed by atoms with E-state index in [0.717, 1.165) is 24.1 Å². The number of benzene rings is 2. The molecule has 0 saturated heterocycles. The summed E-state index contributed by atoms with van der Waals surface area (Å²) in [5.74, 6) is 1.32. The van der Waals surface area contributed by atoms with Crippen LogP contribution in [0.3, 0.4) is 0 Å². The monoisotopic (exact) mass is 500 g/mol. The van der Waals surface area contributed by atoms with Crippen molar-refractivity contribution >= 4 is 17.7 Å². The quantitative estimate of drug-likeness (QED) is 0.210. The van der Waals surface area contributed by atoms with E-state index in [2.05, 4.69) is 15.5 Å². The first kappa shape index (κ1) is 24.6. The van der Waals surface area contributed by atoms with Gasteiger partial charge in [-0.25, -0.2) is 0 Å². The summed E-state index contributed by atoms with van der Waals surface area (Å²) < 4.78 is 46.9. The van der Waals surface area contributed by atoms with Gasteiger partial charge in [0, 0.05) is 18.7 Å². The first-order chi connectivity index (χ1) is 16.9. The SMILES string of the molecule is O=C(CCCCSc1nnc(-c2ccco2)n1-c1cccc(C(F)(F)F)c1)NCc1ccccc1. The molecule has 1 N–H and O–H groups in total. The van der Waals surface area contributed by atoms with Crippen molar-refractivity contribution in [2.75, 3.05) is 5.75 Å². The highest BCUT2D eigenvalue weighted by Crippen LogP contribution is 2.33. The highest BCUT2D eigenvalue weighted by atomic mass is 32.2. The van der Waals surface area contributed by atoms with E-state index in [0.29, 0.717) is 47.6 Å². The van der Waals surface area contributed by atoms with Gasteiger partial charge in [0.15, 0.2) is 10.9 Å². The molecule has 0 atom stereocenters. The van der Waals surface area contributed by atoms with Gasteiger partial charge in [-0.3, -0.25) is 9.36 Å². The van der Waals surface area contributed by atoms with Crippen molar-refractivity contribution in [3.8, 4) is 17.3 Å². The Kier molecular flexibility index (Phi) is 7.91. The van der Waals surface area contributed by atoms with Crippen LogP contribution in [-0.2, 0) is 17.5 Å². The minimum absolute atomic E-state index is 0.0221. The van der Waals surface area contributed by atoms with Crippen LogP contribution in [0.15, 0.2) is 82.6 Å². The average Bonchev–Trinajstić information content (AvgIpc) is 3.53. The van der Waals surface area contributed by atoms with Crippen molar-refractivity contribution in [1.29, 1.82) is 0 Å². The molecule has 6 nitrogen and oxygen atoms in total. The van der Waals surface area contributed by atoms with Crippen LogP contribution in [-0.4, -0.2) is 26.4 Å². The van der Waals surface area contributed by atoms with Gasteiger partial charge in [-0.2, -0.15) is 13.2 Å². The van der Waals surface area contributed by atoms with Crippen LogP contribution in [0.25, 0.3) is 17.3 Å². The summed E-state index contributed by atoms with van der Waals surface area (Å²) in [4.78, 5) is 12.1. The minimum atomic E-state index is -4.47. The first-order valence-corrected chi connectivity index (χ1v) is 12.0. The molecule has 0 bridgehead atoms. The van der Waals surface area contributed by atoms with E-state index in [9.17, 15) is 18.0 Å². The highest BCUT2D eigenvalue weighted by Gasteiger charge is 2.31. The third kappa shape index (κ3) is 6.54. The fraction of sp³-hybridized carbons (Fsp3) is 0.240. The molecule has 2 aromatic carbocycles. The van der Waals surface area contributed by atoms with E-state index in [1.807, 2.05) is 30.3 Å². The Morgan fingerprint density at radius 3 is 2.57 bits per heavy atom. The molecule has 0 aliphatic rings. The number of carbonyl (C=O) groups excluding carboxylic acids is 1. The molecule has 4 rings (SSSR count). The number of nitrogens with one attached hydrogen (secondary N) is 1. The second-order valence-corrected chi connectivity index (χ2v) is 8.80. The number of hydrogen-bond acceptors (Lipinski definition) is 5. The smallest absolute Gasteiger partial charge is 0.416 e. The second kappa shape index (κ2) is 11.3. The number of alkyl halides is 3. The zero-order valence-electron chi connectivity index (χ0n) is 18.7. The van der Waals surface area contributed by atoms with Crippen molar-refractivity contribution in [2.24, 2.45) is 0 Å². The first-order valence-electron chi connectivity index (χ1n) is 11.0. The van der Waals surface area contributed by atoms with E-state index in [1.165, 1.54) is 24.1 Å². The summed E-state index contributed by atoms with van der Waals surface area (Å²) in [5, 5.41) is 11.7. The summed E-state index contributed by atoms with van der Waals surface area (Å²) in [7, 11) is 0. The number of carbonyl (C=O) groups is 1. The topological polar surface area (TPSA) is 73.0 Å². The van der Waals surface area contributed by atoms with Gasteiger partial charge in [0.25, 0.3) is 0 Å². The second-order valence-electron chi connectivity index (χ2n) is 7.73. The van der Waals surface area contributed by atoms with Gasteiger partial charge in [-0.05, 0) is 48.7 Å². The largest absolute Gasteiger partial charge is 0.461 e. The lowest BCUT2D eigenvalue weighted by molar-refractivity contribution is -0.137. The highest BCUT2D eigenvalue weighted by molar-refractivity contribution is 7.99. The normalized spacial score (nSPS) is 11.5. The van der Waals surface area contributed by atoms with Crippen molar-refractivity contribution in [3.05, 3.63) is 84.1 Å². The lowest BCUT2D eigenvalue weighted by Gasteiger charge is -2.12. The molecule has 35 heavy (non-hydrogen) atoms. The maximum Gasteiger partial charge on any atom is 0.416 e. The number of aromatic nitrogens is 3. The number of halogens is 3. The molecule has 1 amide bonds. The predicted molar refractivity (Wildman–Crippen MR) is 127 cm³/mol. The lowest BCUT2D eigenvalue weighted by Crippen LogP contribution is -2.22. The predicted octanol–water partition coefficient (Wildman–Crippen LogP) is 6.12. The van der Waals surface area contributed by atoms with Gasteiger partial charge < -0.3 is 9.73 Å². The van der Waals surface area contributed by atoms with Crippen LogP contribution in [0.2, 0.25) is 0 Å². The Morgan fingerprint density at radius 2 is 1.83 bits per heavy atom. The minimum Gasteiger partial charge on any atom is -0.461 e. The molecular formula is C25H23F3N4O2S. The van der Waals surface area contributed by atoms with Crippen LogP contribution in [0.5, 0.6) is 0 Å². The van der Waals surface area contributed by atoms with Gasteiger partial charge in [0.05, 0.1) is 17.5 Å². The summed E-state index contributed by atoms with van der Waals surface area (Å²) in [6.07, 6.45) is -1.20. The van der Waals surface area contributed by atoms with Crippen LogP contribution < -0.4 is 5.32 Å². The van der Waals surface area contributed by atoms with Crippen LogP contribution in [0.4, 0.5) is 13.2 Å². The summed E-state index contributed by atoms with van der Waals surface area (Å²) in [5.41, 5.74) is 0.572. The van der Waals surface area contributed by atoms with Crippen molar-refractivity contribution in [1.82, 2.24) is 20.1 Å². The van der Waals surface area contributed by atoms with E-state index in [-0.39, 0.29) is 5.91 Å². The molecule has 2 heterocycles. The summed E-state index contributed by atoms with van der Waals surface area (Å²) in [6.45, 7) is 0.490. The number of amides is 1. The number of nitrogens with zero attached hydrogens (tertiary/aromatic N) is 3. The number of furan rings is 1. The Morgan fingerprint density at radius 1 is 1.00 bits per heavy atom. The lowest BCUT2D eigenvalue weighted by atomic mass is 10.2. The van der Waals surface area contributed by atoms with Gasteiger partial charge in [0.2, 0.25) is 11.7 Å². The molecular weight excluding hydrogens is 477 g/mol. The molecule has 10 heteroatoms. The zero-order chi connectivity index (χ0) is 24.7. The van der Waals surface area contributed by atoms with E-state index in [1.54, 1.807) is 22.8 Å². The number of hydrogen-bond donors (Lipinski definition) is 1. The zero-order valence-corrected chi connectivity index (χ0v) is 19.5. The maximum atomic E-state index is 13.3. The van der Waals surface area contributed by atoms with Crippen molar-refractivity contribution < 1.29 is 22.4 Å². The van der Waals surface area contributed by atoms with E-state index in [4.69, 9.17) is 4.42 Å². The molecule has 4 aromatic rings. The Labute approximate surface area is 204 Å². The molecule has 0 fully saturated rings.